The van der Waals surface area contributed by atoms with E-state index in [1.54, 1.807) is 13.1 Å². The number of piperidine rings is 1. The van der Waals surface area contributed by atoms with Crippen LogP contribution < -0.4 is 20.1 Å². The number of nitrogens with one attached hydrogen (secondary N) is 2. The molecule has 1 aliphatic heterocycles. The number of aryl methyl sites for hydroxylation is 1. The van der Waals surface area contributed by atoms with E-state index in [2.05, 4.69) is 25.6 Å². The maximum atomic E-state index is 15.1. The van der Waals surface area contributed by atoms with E-state index in [0.29, 0.717) is 67.8 Å². The van der Waals surface area contributed by atoms with E-state index in [1.807, 2.05) is 0 Å². The molecule has 4 aromatic rings. The molecular formula is C32H34F2N6O6. The normalized spacial score (nSPS) is 17.0. The molecule has 1 unspecified atom stereocenters. The van der Waals surface area contributed by atoms with Crippen LogP contribution >= 0.6 is 0 Å². The van der Waals surface area contributed by atoms with Gasteiger partial charge in [-0.3, -0.25) is 9.59 Å². The van der Waals surface area contributed by atoms with E-state index in [-0.39, 0.29) is 30.0 Å². The number of aromatic nitrogens is 3. The Morgan fingerprint density at radius 1 is 1.09 bits per heavy atom. The van der Waals surface area contributed by atoms with Crippen molar-refractivity contribution < 1.29 is 38.1 Å². The number of nitrogens with zero attached hydrogens (tertiary/aromatic N) is 4. The first-order valence-electron chi connectivity index (χ1n) is 15.0. The van der Waals surface area contributed by atoms with Crippen LogP contribution in [0.25, 0.3) is 5.52 Å². The third kappa shape index (κ3) is 6.78. The number of carbonyl (C=O) groups is 2. The van der Waals surface area contributed by atoms with Gasteiger partial charge in [-0.05, 0) is 69.0 Å². The van der Waals surface area contributed by atoms with E-state index in [4.69, 9.17) is 9.47 Å². The van der Waals surface area contributed by atoms with Crippen LogP contribution in [0.1, 0.15) is 31.2 Å². The van der Waals surface area contributed by atoms with Crippen molar-refractivity contribution in [2.45, 2.75) is 44.8 Å². The van der Waals surface area contributed by atoms with Crippen molar-refractivity contribution in [1.29, 1.82) is 0 Å². The van der Waals surface area contributed by atoms with Crippen LogP contribution in [0, 0.1) is 24.0 Å². The van der Waals surface area contributed by atoms with Gasteiger partial charge in [0.25, 0.3) is 0 Å². The number of hydrogen-bond acceptors (Lipinski definition) is 9. The van der Waals surface area contributed by atoms with Crippen LogP contribution in [0.4, 0.5) is 20.2 Å². The summed E-state index contributed by atoms with van der Waals surface area (Å²) in [7, 11) is 0. The molecule has 1 saturated heterocycles. The molecule has 2 aromatic heterocycles. The highest BCUT2D eigenvalue weighted by Crippen LogP contribution is 2.47. The summed E-state index contributed by atoms with van der Waals surface area (Å²) in [4.78, 5) is 32.2. The third-order valence-corrected chi connectivity index (χ3v) is 8.33. The number of anilines is 2. The topological polar surface area (TPSA) is 151 Å². The molecule has 2 amide bonds. The summed E-state index contributed by atoms with van der Waals surface area (Å²) >= 11 is 0. The second-order valence-corrected chi connectivity index (χ2v) is 11.7. The molecule has 4 N–H and O–H groups in total. The number of benzene rings is 2. The maximum Gasteiger partial charge on any atom is 0.247 e. The van der Waals surface area contributed by atoms with E-state index >= 15 is 4.39 Å². The molecule has 12 nitrogen and oxygen atoms in total. The molecule has 0 spiro atoms. The van der Waals surface area contributed by atoms with Crippen molar-refractivity contribution >= 4 is 28.7 Å². The number of β-amino-alcohol motifs (C(OH)–C–C–N with tert-alkyl or cyclic N) is 1. The molecule has 2 aliphatic rings. The summed E-state index contributed by atoms with van der Waals surface area (Å²) in [6, 6.07) is 9.07. The van der Waals surface area contributed by atoms with Gasteiger partial charge >= 0.3 is 0 Å². The predicted molar refractivity (Wildman–Crippen MR) is 163 cm³/mol. The Morgan fingerprint density at radius 3 is 2.50 bits per heavy atom. The lowest BCUT2D eigenvalue weighted by Gasteiger charge is -2.30. The molecule has 6 rings (SSSR count). The molecule has 1 atom stereocenters. The minimum atomic E-state index is -1.35. The molecule has 1 aliphatic carbocycles. The van der Waals surface area contributed by atoms with Gasteiger partial charge in [0.2, 0.25) is 17.7 Å². The molecule has 2 aromatic carbocycles. The minimum absolute atomic E-state index is 0.0496. The number of amides is 2. The number of likely N-dealkylation sites (tertiary alicyclic amines) is 1. The van der Waals surface area contributed by atoms with Crippen LogP contribution in [0.2, 0.25) is 0 Å². The van der Waals surface area contributed by atoms with Crippen LogP contribution in [0.3, 0.4) is 0 Å². The van der Waals surface area contributed by atoms with Gasteiger partial charge in [0.15, 0.2) is 0 Å². The maximum absolute atomic E-state index is 15.1. The molecule has 46 heavy (non-hydrogen) atoms. The van der Waals surface area contributed by atoms with Crippen LogP contribution in [0.15, 0.2) is 55.0 Å². The fourth-order valence-corrected chi connectivity index (χ4v) is 5.44. The Morgan fingerprint density at radius 2 is 1.80 bits per heavy atom. The van der Waals surface area contributed by atoms with Gasteiger partial charge in [-0.15, -0.1) is 0 Å². The van der Waals surface area contributed by atoms with Gasteiger partial charge in [0.1, 0.15) is 53.1 Å². The van der Waals surface area contributed by atoms with Gasteiger partial charge in [-0.1, -0.05) is 0 Å². The second kappa shape index (κ2) is 13.0. The first-order chi connectivity index (χ1) is 22.1. The predicted octanol–water partition coefficient (Wildman–Crippen LogP) is 3.66. The Bertz CT molecular complexity index is 1740. The number of hydrogen-bond donors (Lipinski definition) is 4. The number of ether oxygens (including phenoxy) is 2. The highest BCUT2D eigenvalue weighted by atomic mass is 19.1. The number of aliphatic hydroxyl groups is 2. The fourth-order valence-electron chi connectivity index (χ4n) is 5.44. The Balaban J connectivity index is 1.09. The highest BCUT2D eigenvalue weighted by molar-refractivity contribution is 6.16. The zero-order valence-electron chi connectivity index (χ0n) is 25.1. The monoisotopic (exact) mass is 636 g/mol. The van der Waals surface area contributed by atoms with E-state index < -0.39 is 35.0 Å². The van der Waals surface area contributed by atoms with Gasteiger partial charge in [0.05, 0.1) is 18.0 Å². The average Bonchev–Trinajstić information content (AvgIpc) is 3.79. The molecule has 2 fully saturated rings. The van der Waals surface area contributed by atoms with Crippen molar-refractivity contribution in [1.82, 2.24) is 19.5 Å². The third-order valence-electron chi connectivity index (χ3n) is 8.33. The largest absolute Gasteiger partial charge is 0.489 e. The SMILES string of the molecule is Cc1c(OCC(O)CN2CCC(O)CC2)cn2ncnc(Oc3ccc(NC(=O)C4(C(=O)Nc5ccc(F)cc5)CC4)c(F)c3)c12. The molecule has 14 heteroatoms. The number of halogens is 2. The van der Waals surface area contributed by atoms with Crippen molar-refractivity contribution in [2.75, 3.05) is 36.9 Å². The number of rotatable bonds is 11. The van der Waals surface area contributed by atoms with Gasteiger partial charge in [0, 0.05) is 37.0 Å². The summed E-state index contributed by atoms with van der Waals surface area (Å²) in [5, 5.41) is 29.5. The molecule has 242 valence electrons. The number of fused-ring (bicyclic) bond motifs is 1. The van der Waals surface area contributed by atoms with Crippen molar-refractivity contribution in [3.63, 3.8) is 0 Å². The molecule has 1 saturated carbocycles. The lowest BCUT2D eigenvalue weighted by molar-refractivity contribution is -0.131. The average molecular weight is 637 g/mol. The number of carbonyl (C=O) groups excluding carboxylic acids is 2. The Hall–Kier alpha value is -4.66. The minimum Gasteiger partial charge on any atom is -0.489 e. The zero-order chi connectivity index (χ0) is 32.4. The van der Waals surface area contributed by atoms with Gasteiger partial charge in [-0.25, -0.2) is 13.3 Å². The lowest BCUT2D eigenvalue weighted by Crippen LogP contribution is -2.41. The number of aliphatic hydroxyl groups excluding tert-OH is 2. The van der Waals surface area contributed by atoms with E-state index in [1.165, 1.54) is 47.2 Å². The lowest BCUT2D eigenvalue weighted by atomic mass is 10.0. The molecule has 3 heterocycles. The summed E-state index contributed by atoms with van der Waals surface area (Å²) in [6.07, 6.45) is 3.85. The Labute approximate surface area is 262 Å². The summed E-state index contributed by atoms with van der Waals surface area (Å²) in [5.74, 6) is -1.71. The van der Waals surface area contributed by atoms with E-state index in [0.717, 1.165) is 6.07 Å². The first-order valence-corrected chi connectivity index (χ1v) is 15.0. The van der Waals surface area contributed by atoms with E-state index in [9.17, 15) is 24.2 Å². The summed E-state index contributed by atoms with van der Waals surface area (Å²) in [5.41, 5.74) is 0.0168. The van der Waals surface area contributed by atoms with Crippen LogP contribution in [0.5, 0.6) is 17.4 Å². The van der Waals surface area contributed by atoms with Crippen LogP contribution in [-0.4, -0.2) is 80.0 Å². The van der Waals surface area contributed by atoms with Crippen LogP contribution in [-0.2, 0) is 9.59 Å². The van der Waals surface area contributed by atoms with Crippen molar-refractivity contribution in [3.05, 3.63) is 72.2 Å². The quantitative estimate of drug-likeness (QED) is 0.181. The standard InChI is InChI=1S/C32H34F2N6O6/c1-19-27(45-17-23(42)15-39-12-8-22(41)9-13-39)16-40-28(19)29(35-18-36-40)46-24-6-7-26(25(34)14-24)38-31(44)32(10-11-32)30(43)37-21-4-2-20(33)3-5-21/h2-7,14,16,18,22-23,41-42H,8-13,15,17H2,1H3,(H,37,43)(H,38,44). The smallest absolute Gasteiger partial charge is 0.247 e. The molecular weight excluding hydrogens is 602 g/mol. The Kier molecular flexibility index (Phi) is 8.84. The zero-order valence-corrected chi connectivity index (χ0v) is 25.1. The molecule has 0 bridgehead atoms. The summed E-state index contributed by atoms with van der Waals surface area (Å²) in [6.45, 7) is 3.70. The fraction of sp³-hybridized carbons (Fsp3) is 0.375. The van der Waals surface area contributed by atoms with Crippen molar-refractivity contribution in [2.24, 2.45) is 5.41 Å². The second-order valence-electron chi connectivity index (χ2n) is 11.7. The van der Waals surface area contributed by atoms with Gasteiger partial charge in [-0.2, -0.15) is 10.1 Å². The first kappa shape index (κ1) is 31.3. The van der Waals surface area contributed by atoms with Crippen molar-refractivity contribution in [3.8, 4) is 17.4 Å². The highest BCUT2D eigenvalue weighted by Gasteiger charge is 2.56. The summed E-state index contributed by atoms with van der Waals surface area (Å²) < 4.78 is 41.7. The van der Waals surface area contributed by atoms with Gasteiger partial charge < -0.3 is 35.2 Å². The molecule has 0 radical (unpaired) electrons.